The molecule has 0 fully saturated rings. The molecule has 9 aromatic rings. The van der Waals surface area contributed by atoms with Crippen LogP contribution in [-0.2, 0) is 36.8 Å². The largest absolute Gasteiger partial charge is 0.478 e. The van der Waals surface area contributed by atoms with E-state index in [2.05, 4.69) is 9.97 Å². The average Bonchev–Trinajstić information content (AvgIpc) is 3.36. The van der Waals surface area contributed by atoms with Crippen LogP contribution < -0.4 is 20.6 Å². The van der Waals surface area contributed by atoms with E-state index in [9.17, 15) is 77.0 Å². The molecule has 0 saturated heterocycles. The zero-order chi connectivity index (χ0) is 55.5. The number of carboxylic acid groups (broad SMARTS) is 1. The van der Waals surface area contributed by atoms with Gasteiger partial charge >= 0.3 is 24.3 Å². The summed E-state index contributed by atoms with van der Waals surface area (Å²) in [6.45, 7) is -1.16. The fourth-order valence-corrected chi connectivity index (χ4v) is 7.65. The number of fused-ring (bicyclic) bond motifs is 2. The molecule has 0 spiro atoms. The minimum absolute atomic E-state index is 0.0861. The van der Waals surface area contributed by atoms with E-state index in [1.165, 1.54) is 27.3 Å². The molecule has 9 rings (SSSR count). The molecule has 24 heteroatoms. The van der Waals surface area contributed by atoms with Gasteiger partial charge in [-0.1, -0.05) is 42.5 Å². The third-order valence-corrected chi connectivity index (χ3v) is 11.3. The van der Waals surface area contributed by atoms with Crippen molar-refractivity contribution in [2.75, 3.05) is 0 Å². The van der Waals surface area contributed by atoms with E-state index in [1.807, 2.05) is 0 Å². The molecule has 2 heterocycles. The highest BCUT2D eigenvalue weighted by Crippen LogP contribution is 2.42. The second kappa shape index (κ2) is 21.8. The summed E-state index contributed by atoms with van der Waals surface area (Å²) in [5.74, 6) is -12.0. The highest BCUT2D eigenvalue weighted by Gasteiger charge is 2.38. The number of alkyl halides is 6. The van der Waals surface area contributed by atoms with E-state index in [0.717, 1.165) is 61.2 Å². The number of carboxylic acids is 1. The van der Waals surface area contributed by atoms with Gasteiger partial charge in [0.05, 0.1) is 58.7 Å². The lowest BCUT2D eigenvalue weighted by molar-refractivity contribution is -0.139. The van der Waals surface area contributed by atoms with Gasteiger partial charge < -0.3 is 28.5 Å². The first-order valence-electron chi connectivity index (χ1n) is 21.9. The van der Waals surface area contributed by atoms with Crippen molar-refractivity contribution >= 4 is 33.7 Å². The number of rotatable bonds is 12. The van der Waals surface area contributed by atoms with Gasteiger partial charge in [0.2, 0.25) is 0 Å². The SMILES string of the molecule is O=C(O)c1cccc(C(F)(F)F)c1Oc1ccc2c(c1)c(=O)ncn2Cc1c(F)cc(F)cc1F.O=C(OCc1ccccc1)c1cccc(C(F)(F)F)c1Oc1ccc2c(c1)c(=O)ncn2Cc1c(F)cc(F)cc1F. The van der Waals surface area contributed by atoms with Gasteiger partial charge in [0, 0.05) is 35.4 Å². The van der Waals surface area contributed by atoms with E-state index in [4.69, 9.17) is 14.2 Å². The molecule has 0 aliphatic carbocycles. The zero-order valence-corrected chi connectivity index (χ0v) is 38.5. The Hall–Kier alpha value is -9.48. The molecule has 0 bridgehead atoms. The van der Waals surface area contributed by atoms with Crippen LogP contribution in [0.4, 0.5) is 52.7 Å². The maximum Gasteiger partial charge on any atom is 0.420 e. The van der Waals surface area contributed by atoms with Gasteiger partial charge in [-0.25, -0.2) is 35.9 Å². The zero-order valence-electron chi connectivity index (χ0n) is 38.5. The summed E-state index contributed by atoms with van der Waals surface area (Å²) in [6.07, 6.45) is -7.84. The topological polar surface area (TPSA) is 152 Å². The summed E-state index contributed by atoms with van der Waals surface area (Å²) in [5, 5.41) is 8.95. The van der Waals surface area contributed by atoms with Crippen LogP contribution in [0.5, 0.6) is 23.0 Å². The molecule has 0 aliphatic heterocycles. The molecule has 12 nitrogen and oxygen atoms in total. The second-order valence-corrected chi connectivity index (χ2v) is 16.3. The fraction of sp³-hybridized carbons (Fsp3) is 0.0943. The first-order chi connectivity index (χ1) is 36.5. The third kappa shape index (κ3) is 12.1. The smallest absolute Gasteiger partial charge is 0.420 e. The van der Waals surface area contributed by atoms with E-state index in [1.54, 1.807) is 30.3 Å². The van der Waals surface area contributed by atoms with Crippen molar-refractivity contribution in [2.24, 2.45) is 0 Å². The number of aromatic carboxylic acids is 1. The Kier molecular flexibility index (Phi) is 15.2. The second-order valence-electron chi connectivity index (χ2n) is 16.3. The molecule has 0 atom stereocenters. The lowest BCUT2D eigenvalue weighted by atomic mass is 10.1. The molecule has 394 valence electrons. The Balaban J connectivity index is 0.000000207. The number of halogens is 12. The molecule has 0 saturated carbocycles. The number of carbonyl (C=O) groups excluding carboxylic acids is 1. The molecular weight excluding hydrogens is 1050 g/mol. The van der Waals surface area contributed by atoms with E-state index >= 15 is 0 Å². The van der Waals surface area contributed by atoms with Crippen LogP contribution in [0.2, 0.25) is 0 Å². The number of esters is 1. The number of benzene rings is 7. The van der Waals surface area contributed by atoms with Crippen LogP contribution in [0.1, 0.15) is 48.5 Å². The fourth-order valence-electron chi connectivity index (χ4n) is 7.65. The van der Waals surface area contributed by atoms with Crippen LogP contribution in [0.15, 0.2) is 150 Å². The van der Waals surface area contributed by atoms with Gasteiger partial charge in [-0.2, -0.15) is 36.3 Å². The first kappa shape index (κ1) is 53.8. The lowest BCUT2D eigenvalue weighted by Crippen LogP contribution is -2.15. The standard InChI is InChI=1S/C30H18F6N2O4.C23H12F6N2O4/c31-18-11-24(32)22(25(33)12-18)14-38-16-37-28(39)21-13-19(9-10-26(21)38)42-27-20(7-4-8-23(27)30(34,35)36)29(40)41-15-17-5-2-1-3-6-17;24-11-6-17(25)15(18(26)7-11)9-31-10-30-21(32)14-8-12(4-5-19(14)31)35-20-13(22(33)34)2-1-3-16(20)23(27,28)29/h1-13,16H,14-15H2;1-8,10H,9H2,(H,33,34). The van der Waals surface area contributed by atoms with Crippen molar-refractivity contribution in [1.82, 2.24) is 19.1 Å². The van der Waals surface area contributed by atoms with Gasteiger partial charge in [-0.3, -0.25) is 9.59 Å². The molecule has 1 N–H and O–H groups in total. The molecule has 0 unspecified atom stereocenters. The van der Waals surface area contributed by atoms with Gasteiger partial charge in [-0.05, 0) is 66.2 Å². The number of ether oxygens (including phenoxy) is 3. The van der Waals surface area contributed by atoms with Crippen molar-refractivity contribution in [3.63, 3.8) is 0 Å². The van der Waals surface area contributed by atoms with Crippen LogP contribution >= 0.6 is 0 Å². The van der Waals surface area contributed by atoms with Crippen molar-refractivity contribution in [2.45, 2.75) is 32.0 Å². The number of nitrogens with zero attached hydrogens (tertiary/aromatic N) is 4. The molecule has 0 amide bonds. The quantitative estimate of drug-likeness (QED) is 0.0924. The summed E-state index contributed by atoms with van der Waals surface area (Å²) in [4.78, 5) is 56.4. The molecule has 0 radical (unpaired) electrons. The number of hydrogen-bond donors (Lipinski definition) is 1. The Morgan fingerprint density at radius 1 is 0.519 bits per heavy atom. The third-order valence-electron chi connectivity index (χ3n) is 11.3. The predicted octanol–water partition coefficient (Wildman–Crippen LogP) is 12.4. The van der Waals surface area contributed by atoms with Crippen molar-refractivity contribution in [3.8, 4) is 23.0 Å². The minimum Gasteiger partial charge on any atom is -0.478 e. The highest BCUT2D eigenvalue weighted by molar-refractivity contribution is 5.94. The predicted molar refractivity (Wildman–Crippen MR) is 248 cm³/mol. The maximum atomic E-state index is 14.2. The maximum absolute atomic E-state index is 14.2. The summed E-state index contributed by atoms with van der Waals surface area (Å²) in [6, 6.07) is 22.8. The van der Waals surface area contributed by atoms with Gasteiger partial charge in [0.1, 0.15) is 64.1 Å². The van der Waals surface area contributed by atoms with Crippen LogP contribution in [0, 0.1) is 34.9 Å². The Labute approximate surface area is 423 Å². The Morgan fingerprint density at radius 3 is 1.35 bits per heavy atom. The van der Waals surface area contributed by atoms with Gasteiger partial charge in [0.15, 0.2) is 11.5 Å². The van der Waals surface area contributed by atoms with E-state index < -0.39 is 128 Å². The normalized spacial score (nSPS) is 11.5. The molecule has 7 aromatic carbocycles. The molecule has 77 heavy (non-hydrogen) atoms. The number of carbonyl (C=O) groups is 2. The van der Waals surface area contributed by atoms with Crippen molar-refractivity contribution < 1.29 is 81.6 Å². The Bertz CT molecular complexity index is 3840. The molecular formula is C53H30F12N4O8. The van der Waals surface area contributed by atoms with E-state index in [0.29, 0.717) is 35.9 Å². The number of para-hydroxylation sites is 2. The number of aromatic nitrogens is 4. The van der Waals surface area contributed by atoms with Crippen molar-refractivity contribution in [1.29, 1.82) is 0 Å². The minimum atomic E-state index is -4.94. The summed E-state index contributed by atoms with van der Waals surface area (Å²) in [7, 11) is 0. The van der Waals surface area contributed by atoms with Crippen LogP contribution in [-0.4, -0.2) is 36.1 Å². The summed E-state index contributed by atoms with van der Waals surface area (Å²) in [5.41, 5.74) is -5.71. The number of hydrogen-bond acceptors (Lipinski definition) is 9. The lowest BCUT2D eigenvalue weighted by Gasteiger charge is -2.18. The van der Waals surface area contributed by atoms with Crippen molar-refractivity contribution in [3.05, 3.63) is 235 Å². The molecule has 2 aromatic heterocycles. The van der Waals surface area contributed by atoms with E-state index in [-0.39, 0.29) is 39.9 Å². The monoisotopic (exact) mass is 1080 g/mol. The molecule has 0 aliphatic rings. The van der Waals surface area contributed by atoms with Crippen LogP contribution in [0.3, 0.4) is 0 Å². The summed E-state index contributed by atoms with van der Waals surface area (Å²) >= 11 is 0. The highest BCUT2D eigenvalue weighted by atomic mass is 19.4. The summed E-state index contributed by atoms with van der Waals surface area (Å²) < 4.78 is 184. The van der Waals surface area contributed by atoms with Gasteiger partial charge in [-0.15, -0.1) is 0 Å². The average molecular weight is 1080 g/mol. The first-order valence-corrected chi connectivity index (χ1v) is 21.9. The Morgan fingerprint density at radius 2 is 0.935 bits per heavy atom. The van der Waals surface area contributed by atoms with Gasteiger partial charge in [0.25, 0.3) is 11.1 Å². The van der Waals surface area contributed by atoms with Crippen LogP contribution in [0.25, 0.3) is 21.8 Å².